The highest BCUT2D eigenvalue weighted by atomic mass is 16.5. The summed E-state index contributed by atoms with van der Waals surface area (Å²) in [6.45, 7) is 7.48. The summed E-state index contributed by atoms with van der Waals surface area (Å²) in [6, 6.07) is 20.2. The molecule has 3 aromatic carbocycles. The Labute approximate surface area is 206 Å². The average Bonchev–Trinajstić information content (AvgIpc) is 2.82. The summed E-state index contributed by atoms with van der Waals surface area (Å²) < 4.78 is 11.2. The summed E-state index contributed by atoms with van der Waals surface area (Å²) in [5.74, 6) is 0.549. The number of hydrogen-bond acceptors (Lipinski definition) is 5. The van der Waals surface area contributed by atoms with Gasteiger partial charge in [-0.15, -0.1) is 0 Å². The number of benzene rings is 3. The van der Waals surface area contributed by atoms with E-state index in [1.54, 1.807) is 43.3 Å². The number of anilines is 1. The molecule has 0 fully saturated rings. The van der Waals surface area contributed by atoms with Crippen LogP contribution in [0.5, 0.6) is 11.5 Å². The van der Waals surface area contributed by atoms with E-state index in [0.29, 0.717) is 23.4 Å². The summed E-state index contributed by atoms with van der Waals surface area (Å²) >= 11 is 0. The molecule has 3 aromatic rings. The van der Waals surface area contributed by atoms with Crippen LogP contribution >= 0.6 is 0 Å². The second-order valence-corrected chi connectivity index (χ2v) is 8.61. The predicted octanol–water partition coefficient (Wildman–Crippen LogP) is 6.33. The van der Waals surface area contributed by atoms with E-state index in [4.69, 9.17) is 9.47 Å². The summed E-state index contributed by atoms with van der Waals surface area (Å²) in [5.41, 5.74) is 4.29. The van der Waals surface area contributed by atoms with Gasteiger partial charge in [-0.2, -0.15) is 0 Å². The van der Waals surface area contributed by atoms with Crippen LogP contribution in [-0.4, -0.2) is 23.8 Å². The maximum atomic E-state index is 12.4. The van der Waals surface area contributed by atoms with Crippen molar-refractivity contribution in [1.82, 2.24) is 0 Å². The number of hydrogen-bond donors (Lipinski definition) is 1. The van der Waals surface area contributed by atoms with Gasteiger partial charge in [-0.25, -0.2) is 0 Å². The van der Waals surface area contributed by atoms with E-state index in [0.717, 1.165) is 22.4 Å². The lowest BCUT2D eigenvalue weighted by molar-refractivity contribution is -0.146. The number of rotatable bonds is 10. The highest BCUT2D eigenvalue weighted by Crippen LogP contribution is 2.29. The molecule has 0 spiro atoms. The van der Waals surface area contributed by atoms with Crippen molar-refractivity contribution in [3.05, 3.63) is 89.0 Å². The fraction of sp³-hybridized carbons (Fsp3) is 0.276. The Morgan fingerprint density at radius 2 is 1.46 bits per heavy atom. The molecule has 1 atom stereocenters. The van der Waals surface area contributed by atoms with E-state index in [-0.39, 0.29) is 24.5 Å². The molecule has 182 valence electrons. The molecule has 0 aliphatic carbocycles. The number of para-hydroxylation sites is 1. The van der Waals surface area contributed by atoms with Gasteiger partial charge in [0, 0.05) is 24.1 Å². The number of esters is 1. The first-order valence-corrected chi connectivity index (χ1v) is 11.7. The summed E-state index contributed by atoms with van der Waals surface area (Å²) in [6.07, 6.45) is -0.329. The van der Waals surface area contributed by atoms with Gasteiger partial charge < -0.3 is 14.8 Å². The van der Waals surface area contributed by atoms with E-state index in [1.165, 1.54) is 0 Å². The van der Waals surface area contributed by atoms with Crippen LogP contribution in [0.25, 0.3) is 0 Å². The molecule has 0 aliphatic rings. The highest BCUT2D eigenvalue weighted by Gasteiger charge is 2.19. The van der Waals surface area contributed by atoms with E-state index in [9.17, 15) is 14.4 Å². The lowest BCUT2D eigenvalue weighted by Crippen LogP contribution is -2.24. The first-order valence-electron chi connectivity index (χ1n) is 11.7. The molecule has 0 heterocycles. The van der Waals surface area contributed by atoms with Gasteiger partial charge in [0.15, 0.2) is 6.10 Å². The molecule has 1 amide bonds. The van der Waals surface area contributed by atoms with Gasteiger partial charge in [0.2, 0.25) is 11.7 Å². The maximum Gasteiger partial charge on any atom is 0.306 e. The van der Waals surface area contributed by atoms with Crippen molar-refractivity contribution in [3.8, 4) is 11.5 Å². The van der Waals surface area contributed by atoms with Crippen molar-refractivity contribution in [2.45, 2.75) is 53.1 Å². The monoisotopic (exact) mass is 473 g/mol. The zero-order valence-corrected chi connectivity index (χ0v) is 20.6. The molecule has 6 nitrogen and oxygen atoms in total. The van der Waals surface area contributed by atoms with Gasteiger partial charge in [0.05, 0.1) is 0 Å². The van der Waals surface area contributed by atoms with Gasteiger partial charge in [-0.1, -0.05) is 48.0 Å². The molecule has 0 aliphatic heterocycles. The second-order valence-electron chi connectivity index (χ2n) is 8.61. The van der Waals surface area contributed by atoms with Crippen LogP contribution in [0, 0.1) is 20.8 Å². The Kier molecular flexibility index (Phi) is 8.79. The lowest BCUT2D eigenvalue weighted by Gasteiger charge is -2.13. The van der Waals surface area contributed by atoms with Crippen molar-refractivity contribution in [3.63, 3.8) is 0 Å². The predicted molar refractivity (Wildman–Crippen MR) is 136 cm³/mol. The number of carbonyl (C=O) groups excluding carboxylic acids is 3. The van der Waals surface area contributed by atoms with Gasteiger partial charge in [0.1, 0.15) is 11.5 Å². The van der Waals surface area contributed by atoms with Crippen molar-refractivity contribution in [2.24, 2.45) is 0 Å². The molecule has 0 radical (unpaired) electrons. The fourth-order valence-electron chi connectivity index (χ4n) is 3.56. The quantitative estimate of drug-likeness (QED) is 0.275. The van der Waals surface area contributed by atoms with Crippen molar-refractivity contribution in [1.29, 1.82) is 0 Å². The average molecular weight is 474 g/mol. The lowest BCUT2D eigenvalue weighted by atomic mass is 10.1. The van der Waals surface area contributed by atoms with Gasteiger partial charge in [-0.05, 0) is 69.5 Å². The summed E-state index contributed by atoms with van der Waals surface area (Å²) in [7, 11) is 0. The van der Waals surface area contributed by atoms with E-state index in [2.05, 4.69) is 5.32 Å². The van der Waals surface area contributed by atoms with Crippen LogP contribution in [-0.2, 0) is 14.3 Å². The molecule has 1 unspecified atom stereocenters. The maximum absolute atomic E-state index is 12.4. The minimum absolute atomic E-state index is 0.0570. The van der Waals surface area contributed by atoms with Gasteiger partial charge >= 0.3 is 5.97 Å². The number of amides is 1. The topological polar surface area (TPSA) is 81.7 Å². The molecular weight excluding hydrogens is 442 g/mol. The molecular formula is C29H31NO5. The van der Waals surface area contributed by atoms with Crippen LogP contribution in [0.4, 0.5) is 5.69 Å². The molecule has 0 saturated heterocycles. The standard InChI is InChI=1S/C29H31NO5/c1-19-11-13-23(14-12-19)28(33)22(4)34-27(32)10-6-9-26(31)30-24-15-17-25(18-16-24)35-29-20(2)7-5-8-21(29)3/h5,7-8,11-18,22H,6,9-10H2,1-4H3,(H,30,31). The molecule has 0 bridgehead atoms. The van der Waals surface area contributed by atoms with Crippen LogP contribution in [0.2, 0.25) is 0 Å². The van der Waals surface area contributed by atoms with Crippen LogP contribution in [0.1, 0.15) is 53.2 Å². The van der Waals surface area contributed by atoms with Gasteiger partial charge in [-0.3, -0.25) is 14.4 Å². The van der Waals surface area contributed by atoms with E-state index < -0.39 is 12.1 Å². The number of aryl methyl sites for hydroxylation is 3. The number of carbonyl (C=O) groups is 3. The fourth-order valence-corrected chi connectivity index (χ4v) is 3.56. The highest BCUT2D eigenvalue weighted by molar-refractivity contribution is 6.00. The Morgan fingerprint density at radius 1 is 0.829 bits per heavy atom. The normalized spacial score (nSPS) is 11.4. The number of nitrogens with one attached hydrogen (secondary N) is 1. The number of ether oxygens (including phenoxy) is 2. The van der Waals surface area contributed by atoms with Gasteiger partial charge in [0.25, 0.3) is 0 Å². The number of ketones is 1. The molecule has 0 saturated carbocycles. The third-order valence-electron chi connectivity index (χ3n) is 5.57. The van der Waals surface area contributed by atoms with E-state index in [1.807, 2.05) is 51.1 Å². The van der Waals surface area contributed by atoms with Crippen molar-refractivity contribution >= 4 is 23.3 Å². The SMILES string of the molecule is Cc1ccc(C(=O)C(C)OC(=O)CCCC(=O)Nc2ccc(Oc3c(C)cccc3C)cc2)cc1. The minimum atomic E-state index is -0.872. The summed E-state index contributed by atoms with van der Waals surface area (Å²) in [4.78, 5) is 36.7. The van der Waals surface area contributed by atoms with E-state index >= 15 is 0 Å². The smallest absolute Gasteiger partial charge is 0.306 e. The zero-order valence-electron chi connectivity index (χ0n) is 20.6. The molecule has 3 rings (SSSR count). The molecule has 1 N–H and O–H groups in total. The molecule has 0 aromatic heterocycles. The van der Waals surface area contributed by atoms with Crippen LogP contribution in [0.3, 0.4) is 0 Å². The van der Waals surface area contributed by atoms with Crippen LogP contribution < -0.4 is 10.1 Å². The first kappa shape index (κ1) is 25.7. The molecule has 35 heavy (non-hydrogen) atoms. The van der Waals surface area contributed by atoms with Crippen molar-refractivity contribution < 1.29 is 23.9 Å². The third kappa shape index (κ3) is 7.54. The Morgan fingerprint density at radius 3 is 2.09 bits per heavy atom. The van der Waals surface area contributed by atoms with Crippen molar-refractivity contribution in [2.75, 3.05) is 5.32 Å². The summed E-state index contributed by atoms with van der Waals surface area (Å²) in [5, 5.41) is 2.81. The third-order valence-corrected chi connectivity index (χ3v) is 5.57. The van der Waals surface area contributed by atoms with Crippen LogP contribution in [0.15, 0.2) is 66.7 Å². The molecule has 6 heteroatoms. The Balaban J connectivity index is 1.41. The largest absolute Gasteiger partial charge is 0.457 e. The number of Topliss-reactive ketones (excluding diaryl/α,β-unsaturated/α-hetero) is 1. The zero-order chi connectivity index (χ0) is 25.4. The Hall–Kier alpha value is -3.93. The second kappa shape index (κ2) is 12.0. The minimum Gasteiger partial charge on any atom is -0.457 e. The first-order chi connectivity index (χ1) is 16.7. The Bertz CT molecular complexity index is 1160.